The highest BCUT2D eigenvalue weighted by atomic mass is 32.2. The van der Waals surface area contributed by atoms with Gasteiger partial charge in [-0.15, -0.1) is 11.8 Å². The van der Waals surface area contributed by atoms with E-state index >= 15 is 0 Å². The molecule has 21 heavy (non-hydrogen) atoms. The van der Waals surface area contributed by atoms with Crippen molar-refractivity contribution in [1.82, 2.24) is 14.7 Å². The molecule has 1 amide bonds. The molecule has 4 nitrogen and oxygen atoms in total. The van der Waals surface area contributed by atoms with E-state index in [1.165, 1.54) is 10.5 Å². The van der Waals surface area contributed by atoms with E-state index < -0.39 is 0 Å². The topological polar surface area (TPSA) is 38.1 Å². The van der Waals surface area contributed by atoms with Gasteiger partial charge in [0, 0.05) is 41.9 Å². The molecule has 0 spiro atoms. The number of hydrogen-bond acceptors (Lipinski definition) is 3. The minimum Gasteiger partial charge on any atom is -0.337 e. The zero-order valence-electron chi connectivity index (χ0n) is 12.0. The molecule has 0 bridgehead atoms. The van der Waals surface area contributed by atoms with Crippen molar-refractivity contribution in [3.63, 3.8) is 0 Å². The number of fused-ring (bicyclic) bond motifs is 3. The number of aromatic nitrogens is 2. The Morgan fingerprint density at radius 2 is 2.00 bits per heavy atom. The van der Waals surface area contributed by atoms with Gasteiger partial charge in [0.2, 0.25) is 0 Å². The summed E-state index contributed by atoms with van der Waals surface area (Å²) in [7, 11) is 1.94. The van der Waals surface area contributed by atoms with E-state index in [-0.39, 0.29) is 5.91 Å². The van der Waals surface area contributed by atoms with Gasteiger partial charge in [-0.25, -0.2) is 0 Å². The molecule has 1 fully saturated rings. The maximum Gasteiger partial charge on any atom is 0.274 e. The fraction of sp³-hybridized carbons (Fsp3) is 0.375. The van der Waals surface area contributed by atoms with E-state index in [1.54, 1.807) is 11.8 Å². The Labute approximate surface area is 128 Å². The predicted molar refractivity (Wildman–Crippen MR) is 83.3 cm³/mol. The van der Waals surface area contributed by atoms with Gasteiger partial charge in [-0.3, -0.25) is 9.48 Å². The number of thioether (sulfide) groups is 1. The van der Waals surface area contributed by atoms with Gasteiger partial charge in [-0.05, 0) is 18.9 Å². The normalized spacial score (nSPS) is 16.7. The number of likely N-dealkylation sites (tertiary alicyclic amines) is 1. The van der Waals surface area contributed by atoms with Gasteiger partial charge >= 0.3 is 0 Å². The highest BCUT2D eigenvalue weighted by Gasteiger charge is 2.30. The van der Waals surface area contributed by atoms with E-state index in [0.717, 1.165) is 42.9 Å². The third-order valence-corrected chi connectivity index (χ3v) is 5.36. The Kier molecular flexibility index (Phi) is 3.03. The first-order valence-electron chi connectivity index (χ1n) is 7.33. The fourth-order valence-corrected chi connectivity index (χ4v) is 4.29. The van der Waals surface area contributed by atoms with Gasteiger partial charge < -0.3 is 4.90 Å². The molecule has 0 N–H and O–H groups in total. The molecule has 1 aromatic carbocycles. The number of benzene rings is 1. The first kappa shape index (κ1) is 13.0. The summed E-state index contributed by atoms with van der Waals surface area (Å²) in [6.45, 7) is 1.74. The number of nitrogens with zero attached hydrogens (tertiary/aromatic N) is 3. The summed E-state index contributed by atoms with van der Waals surface area (Å²) in [5.74, 6) is 0.930. The highest BCUT2D eigenvalue weighted by molar-refractivity contribution is 7.98. The van der Waals surface area contributed by atoms with Gasteiger partial charge in [0.25, 0.3) is 5.91 Å². The van der Waals surface area contributed by atoms with Crippen molar-refractivity contribution >= 4 is 17.7 Å². The minimum absolute atomic E-state index is 0.101. The van der Waals surface area contributed by atoms with Crippen LogP contribution in [0.4, 0.5) is 0 Å². The molecule has 108 valence electrons. The zero-order chi connectivity index (χ0) is 14.4. The molecule has 1 saturated heterocycles. The lowest BCUT2D eigenvalue weighted by Gasteiger charge is -2.18. The Hall–Kier alpha value is -1.75. The van der Waals surface area contributed by atoms with Crippen LogP contribution < -0.4 is 0 Å². The summed E-state index contributed by atoms with van der Waals surface area (Å²) in [6, 6.07) is 8.36. The molecule has 0 radical (unpaired) electrons. The van der Waals surface area contributed by atoms with E-state index in [2.05, 4.69) is 23.3 Å². The molecule has 5 heteroatoms. The molecule has 2 aliphatic rings. The minimum atomic E-state index is 0.101. The van der Waals surface area contributed by atoms with E-state index in [1.807, 2.05) is 22.7 Å². The molecule has 2 aromatic rings. The Morgan fingerprint density at radius 1 is 1.24 bits per heavy atom. The molecule has 0 aliphatic carbocycles. The molecule has 0 unspecified atom stereocenters. The maximum absolute atomic E-state index is 12.7. The number of hydrogen-bond donors (Lipinski definition) is 0. The van der Waals surface area contributed by atoms with Gasteiger partial charge in [-0.1, -0.05) is 18.2 Å². The Morgan fingerprint density at radius 3 is 2.81 bits per heavy atom. The largest absolute Gasteiger partial charge is 0.337 e. The second kappa shape index (κ2) is 4.91. The summed E-state index contributed by atoms with van der Waals surface area (Å²) in [5, 5.41) is 4.55. The van der Waals surface area contributed by atoms with Crippen LogP contribution in [0.25, 0.3) is 11.3 Å². The quantitative estimate of drug-likeness (QED) is 0.812. The first-order chi connectivity index (χ1) is 10.3. The van der Waals surface area contributed by atoms with Crippen LogP contribution >= 0.6 is 11.8 Å². The average molecular weight is 299 g/mol. The monoisotopic (exact) mass is 299 g/mol. The second-order valence-electron chi connectivity index (χ2n) is 5.58. The summed E-state index contributed by atoms with van der Waals surface area (Å²) >= 11 is 1.79. The summed E-state index contributed by atoms with van der Waals surface area (Å²) in [4.78, 5) is 15.9. The van der Waals surface area contributed by atoms with Crippen LogP contribution in [0.15, 0.2) is 29.2 Å². The number of aryl methyl sites for hydroxylation is 1. The lowest BCUT2D eigenvalue weighted by atomic mass is 10.1. The van der Waals surface area contributed by atoms with Gasteiger partial charge in [0.05, 0.1) is 5.69 Å². The van der Waals surface area contributed by atoms with E-state index in [4.69, 9.17) is 0 Å². The molecule has 4 rings (SSSR count). The molecule has 1 aromatic heterocycles. The Balaban J connectivity index is 1.81. The van der Waals surface area contributed by atoms with Crippen LogP contribution in [0.2, 0.25) is 0 Å². The summed E-state index contributed by atoms with van der Waals surface area (Å²) < 4.78 is 1.87. The summed E-state index contributed by atoms with van der Waals surface area (Å²) in [6.07, 6.45) is 2.22. The molecule has 3 heterocycles. The van der Waals surface area contributed by atoms with Crippen LogP contribution in [0, 0.1) is 0 Å². The third kappa shape index (κ3) is 1.99. The van der Waals surface area contributed by atoms with Crippen molar-refractivity contribution < 1.29 is 4.79 Å². The Bertz CT molecular complexity index is 716. The van der Waals surface area contributed by atoms with Crippen molar-refractivity contribution in [1.29, 1.82) is 0 Å². The number of amides is 1. The molecule has 0 saturated carbocycles. The van der Waals surface area contributed by atoms with Gasteiger partial charge in [0.1, 0.15) is 0 Å². The number of carbonyl (C=O) groups is 1. The van der Waals surface area contributed by atoms with E-state index in [9.17, 15) is 4.79 Å². The lowest BCUT2D eigenvalue weighted by Crippen LogP contribution is -2.28. The molecular weight excluding hydrogens is 282 g/mol. The van der Waals surface area contributed by atoms with Crippen molar-refractivity contribution in [2.75, 3.05) is 13.1 Å². The van der Waals surface area contributed by atoms with Crippen molar-refractivity contribution in [3.8, 4) is 11.3 Å². The lowest BCUT2D eigenvalue weighted by molar-refractivity contribution is 0.0785. The zero-order valence-corrected chi connectivity index (χ0v) is 12.8. The van der Waals surface area contributed by atoms with Crippen LogP contribution in [0.5, 0.6) is 0 Å². The SMILES string of the molecule is Cn1nc(C(=O)N2CCCC2)c2c1-c1ccccc1SC2. The average Bonchev–Trinajstić information content (AvgIpc) is 3.15. The van der Waals surface area contributed by atoms with Crippen molar-refractivity contribution in [3.05, 3.63) is 35.5 Å². The second-order valence-corrected chi connectivity index (χ2v) is 6.60. The van der Waals surface area contributed by atoms with Crippen LogP contribution in [0.3, 0.4) is 0 Å². The van der Waals surface area contributed by atoms with Crippen LogP contribution in [0.1, 0.15) is 28.9 Å². The predicted octanol–water partition coefficient (Wildman–Crippen LogP) is 2.93. The molecule has 0 atom stereocenters. The van der Waals surface area contributed by atoms with Gasteiger partial charge in [0.15, 0.2) is 5.69 Å². The van der Waals surface area contributed by atoms with Crippen LogP contribution in [-0.4, -0.2) is 33.7 Å². The summed E-state index contributed by atoms with van der Waals surface area (Å²) in [5.41, 5.74) is 4.04. The standard InChI is InChI=1S/C16H17N3OS/c1-18-15-11-6-2-3-7-13(11)21-10-12(15)14(17-18)16(20)19-8-4-5-9-19/h2-3,6-7H,4-5,8-10H2,1H3. The maximum atomic E-state index is 12.7. The third-order valence-electron chi connectivity index (χ3n) is 4.26. The fourth-order valence-electron chi connectivity index (χ4n) is 3.22. The molecule has 2 aliphatic heterocycles. The van der Waals surface area contributed by atoms with Crippen LogP contribution in [-0.2, 0) is 12.8 Å². The van der Waals surface area contributed by atoms with Crippen molar-refractivity contribution in [2.24, 2.45) is 7.05 Å². The highest BCUT2D eigenvalue weighted by Crippen LogP contribution is 2.42. The number of carbonyl (C=O) groups excluding carboxylic acids is 1. The molecular formula is C16H17N3OS. The first-order valence-corrected chi connectivity index (χ1v) is 8.31. The smallest absolute Gasteiger partial charge is 0.274 e. The number of rotatable bonds is 1. The van der Waals surface area contributed by atoms with E-state index in [0.29, 0.717) is 5.69 Å². The van der Waals surface area contributed by atoms with Crippen molar-refractivity contribution in [2.45, 2.75) is 23.5 Å². The van der Waals surface area contributed by atoms with Gasteiger partial charge in [-0.2, -0.15) is 5.10 Å².